The molecule has 0 saturated heterocycles. The van der Waals surface area contributed by atoms with E-state index < -0.39 is 5.91 Å². The van der Waals surface area contributed by atoms with Gasteiger partial charge in [-0.3, -0.25) is 20.4 Å². The Bertz CT molecular complexity index is 741. The zero-order chi connectivity index (χ0) is 17.5. The minimum absolute atomic E-state index is 0.159. The topological polar surface area (TPSA) is 67.4 Å². The molecule has 0 fully saturated rings. The number of ether oxygens (including phenoxy) is 1. The van der Waals surface area contributed by atoms with Gasteiger partial charge in [0.1, 0.15) is 5.75 Å². The van der Waals surface area contributed by atoms with Gasteiger partial charge in [0.2, 0.25) is 5.91 Å². The van der Waals surface area contributed by atoms with Crippen LogP contribution in [0.25, 0.3) is 0 Å². The summed E-state index contributed by atoms with van der Waals surface area (Å²) in [6.07, 6.45) is 0.208. The molecule has 0 spiro atoms. The molecular formula is C19H22N2O3. The fraction of sp³-hybridized carbons (Fsp3) is 0.263. The summed E-state index contributed by atoms with van der Waals surface area (Å²) in [5.41, 5.74) is 9.01. The molecule has 0 aromatic heterocycles. The van der Waals surface area contributed by atoms with Gasteiger partial charge >= 0.3 is 0 Å². The van der Waals surface area contributed by atoms with Crippen molar-refractivity contribution >= 4 is 11.8 Å². The first-order chi connectivity index (χ1) is 11.4. The summed E-state index contributed by atoms with van der Waals surface area (Å²) in [6, 6.07) is 13.3. The lowest BCUT2D eigenvalue weighted by Crippen LogP contribution is -2.44. The highest BCUT2D eigenvalue weighted by atomic mass is 16.5. The quantitative estimate of drug-likeness (QED) is 0.829. The summed E-state index contributed by atoms with van der Waals surface area (Å²) in [6.45, 7) is 5.81. The van der Waals surface area contributed by atoms with Crippen LogP contribution in [0.15, 0.2) is 42.5 Å². The lowest BCUT2D eigenvalue weighted by molar-refractivity contribution is -0.129. The van der Waals surface area contributed by atoms with Crippen molar-refractivity contribution in [1.29, 1.82) is 0 Å². The lowest BCUT2D eigenvalue weighted by atomic mass is 10.0. The molecule has 2 amide bonds. The standard InChI is InChI=1S/C19H22N2O3/c1-13-5-4-6-17(9-13)24-12-19(23)21-20-18(22)11-16-8-7-14(2)15(3)10-16/h4-10H,11-12H2,1-3H3,(H,20,22)(H,21,23). The van der Waals surface area contributed by atoms with Gasteiger partial charge in [-0.25, -0.2) is 0 Å². The first kappa shape index (κ1) is 17.5. The van der Waals surface area contributed by atoms with Crippen LogP contribution in [0.5, 0.6) is 5.75 Å². The summed E-state index contributed by atoms with van der Waals surface area (Å²) in [7, 11) is 0. The van der Waals surface area contributed by atoms with Crippen LogP contribution in [0.1, 0.15) is 22.3 Å². The Kier molecular flexibility index (Phi) is 5.95. The maximum Gasteiger partial charge on any atom is 0.276 e. The highest BCUT2D eigenvalue weighted by Crippen LogP contribution is 2.12. The maximum atomic E-state index is 11.9. The smallest absolute Gasteiger partial charge is 0.276 e. The third-order valence-electron chi connectivity index (χ3n) is 3.64. The molecule has 0 aliphatic rings. The Hall–Kier alpha value is -2.82. The largest absolute Gasteiger partial charge is 0.484 e. The minimum atomic E-state index is -0.412. The van der Waals surface area contributed by atoms with Crippen LogP contribution >= 0.6 is 0 Å². The van der Waals surface area contributed by atoms with E-state index in [1.165, 1.54) is 5.56 Å². The molecule has 0 aliphatic heterocycles. The molecule has 5 heteroatoms. The average molecular weight is 326 g/mol. The monoisotopic (exact) mass is 326 g/mol. The number of carbonyl (C=O) groups is 2. The van der Waals surface area contributed by atoms with Gasteiger partial charge in [-0.1, -0.05) is 30.3 Å². The predicted octanol–water partition coefficient (Wildman–Crippen LogP) is 2.38. The van der Waals surface area contributed by atoms with E-state index in [-0.39, 0.29) is 18.9 Å². The van der Waals surface area contributed by atoms with Crippen molar-refractivity contribution in [2.24, 2.45) is 0 Å². The molecule has 5 nitrogen and oxygen atoms in total. The number of carbonyl (C=O) groups excluding carboxylic acids is 2. The molecular weight excluding hydrogens is 304 g/mol. The van der Waals surface area contributed by atoms with Gasteiger partial charge in [-0.15, -0.1) is 0 Å². The number of amides is 2. The van der Waals surface area contributed by atoms with E-state index in [0.29, 0.717) is 5.75 Å². The van der Waals surface area contributed by atoms with Crippen LogP contribution in [0.3, 0.4) is 0 Å². The Morgan fingerprint density at radius 1 is 0.917 bits per heavy atom. The van der Waals surface area contributed by atoms with Gasteiger partial charge in [0.05, 0.1) is 6.42 Å². The van der Waals surface area contributed by atoms with Crippen molar-refractivity contribution in [3.8, 4) is 5.75 Å². The van der Waals surface area contributed by atoms with Gasteiger partial charge in [0, 0.05) is 0 Å². The Morgan fingerprint density at radius 3 is 2.38 bits per heavy atom. The molecule has 0 aliphatic carbocycles. The Morgan fingerprint density at radius 2 is 1.67 bits per heavy atom. The molecule has 126 valence electrons. The number of hydrogen-bond acceptors (Lipinski definition) is 3. The molecule has 2 rings (SSSR count). The lowest BCUT2D eigenvalue weighted by Gasteiger charge is -2.10. The molecule has 2 N–H and O–H groups in total. The molecule has 0 atom stereocenters. The van der Waals surface area contributed by atoms with E-state index in [2.05, 4.69) is 10.9 Å². The van der Waals surface area contributed by atoms with Crippen molar-refractivity contribution in [1.82, 2.24) is 10.9 Å². The molecule has 0 unspecified atom stereocenters. The average Bonchev–Trinajstić information content (AvgIpc) is 2.54. The van der Waals surface area contributed by atoms with Crippen molar-refractivity contribution in [3.63, 3.8) is 0 Å². The normalized spacial score (nSPS) is 10.1. The van der Waals surface area contributed by atoms with E-state index in [1.807, 2.05) is 57.2 Å². The minimum Gasteiger partial charge on any atom is -0.484 e. The number of hydrogen-bond donors (Lipinski definition) is 2. The summed E-state index contributed by atoms with van der Waals surface area (Å²) in [5, 5.41) is 0. The zero-order valence-electron chi connectivity index (χ0n) is 14.2. The third-order valence-corrected chi connectivity index (χ3v) is 3.64. The summed E-state index contributed by atoms with van der Waals surface area (Å²) in [5.74, 6) is -0.0706. The molecule has 0 radical (unpaired) electrons. The van der Waals surface area contributed by atoms with Gasteiger partial charge in [-0.05, 0) is 55.2 Å². The van der Waals surface area contributed by atoms with Crippen LogP contribution in [-0.4, -0.2) is 18.4 Å². The van der Waals surface area contributed by atoms with E-state index in [1.54, 1.807) is 6.07 Å². The number of aryl methyl sites for hydroxylation is 3. The van der Waals surface area contributed by atoms with Crippen molar-refractivity contribution < 1.29 is 14.3 Å². The Balaban J connectivity index is 1.74. The van der Waals surface area contributed by atoms with Crippen LogP contribution in [0, 0.1) is 20.8 Å². The second kappa shape index (κ2) is 8.15. The van der Waals surface area contributed by atoms with Crippen molar-refractivity contribution in [3.05, 3.63) is 64.7 Å². The van der Waals surface area contributed by atoms with Crippen LogP contribution < -0.4 is 15.6 Å². The van der Waals surface area contributed by atoms with Crippen molar-refractivity contribution in [2.45, 2.75) is 27.2 Å². The first-order valence-corrected chi connectivity index (χ1v) is 7.77. The Labute approximate surface area is 142 Å². The molecule has 0 bridgehead atoms. The highest BCUT2D eigenvalue weighted by molar-refractivity contribution is 5.83. The summed E-state index contributed by atoms with van der Waals surface area (Å²) in [4.78, 5) is 23.6. The molecule has 2 aromatic carbocycles. The molecule has 2 aromatic rings. The van der Waals surface area contributed by atoms with Gasteiger partial charge < -0.3 is 4.74 Å². The van der Waals surface area contributed by atoms with E-state index in [9.17, 15) is 9.59 Å². The van der Waals surface area contributed by atoms with Gasteiger partial charge in [0.25, 0.3) is 5.91 Å². The fourth-order valence-corrected chi connectivity index (χ4v) is 2.17. The SMILES string of the molecule is Cc1cccc(OCC(=O)NNC(=O)Cc2ccc(C)c(C)c2)c1. The van der Waals surface area contributed by atoms with Crippen LogP contribution in [-0.2, 0) is 16.0 Å². The van der Waals surface area contributed by atoms with Crippen LogP contribution in [0.4, 0.5) is 0 Å². The zero-order valence-corrected chi connectivity index (χ0v) is 14.2. The summed E-state index contributed by atoms with van der Waals surface area (Å²) < 4.78 is 5.36. The third kappa shape index (κ3) is 5.43. The first-order valence-electron chi connectivity index (χ1n) is 7.77. The van der Waals surface area contributed by atoms with Gasteiger partial charge in [-0.2, -0.15) is 0 Å². The number of nitrogens with one attached hydrogen (secondary N) is 2. The summed E-state index contributed by atoms with van der Waals surface area (Å²) >= 11 is 0. The highest BCUT2D eigenvalue weighted by Gasteiger charge is 2.07. The fourth-order valence-electron chi connectivity index (χ4n) is 2.17. The van der Waals surface area contributed by atoms with E-state index in [0.717, 1.165) is 16.7 Å². The predicted molar refractivity (Wildman–Crippen MR) is 92.6 cm³/mol. The molecule has 24 heavy (non-hydrogen) atoms. The maximum absolute atomic E-state index is 11.9. The van der Waals surface area contributed by atoms with Crippen LogP contribution in [0.2, 0.25) is 0 Å². The van der Waals surface area contributed by atoms with E-state index in [4.69, 9.17) is 4.74 Å². The van der Waals surface area contributed by atoms with Gasteiger partial charge in [0.15, 0.2) is 6.61 Å². The van der Waals surface area contributed by atoms with E-state index >= 15 is 0 Å². The second-order valence-electron chi connectivity index (χ2n) is 5.80. The molecule has 0 saturated carbocycles. The number of hydrazine groups is 1. The number of benzene rings is 2. The van der Waals surface area contributed by atoms with Crippen molar-refractivity contribution in [2.75, 3.05) is 6.61 Å². The second-order valence-corrected chi connectivity index (χ2v) is 5.80. The molecule has 0 heterocycles. The number of rotatable bonds is 5.